The molecule has 2 saturated heterocycles. The highest BCUT2D eigenvalue weighted by atomic mass is 16.6. The fourth-order valence-corrected chi connectivity index (χ4v) is 9.40. The molecule has 1 aromatic heterocycles. The van der Waals surface area contributed by atoms with Gasteiger partial charge in [-0.25, -0.2) is 9.69 Å². The molecule has 4 heterocycles. The van der Waals surface area contributed by atoms with Gasteiger partial charge in [-0.1, -0.05) is 96.8 Å². The Morgan fingerprint density at radius 1 is 0.844 bits per heavy atom. The summed E-state index contributed by atoms with van der Waals surface area (Å²) in [7, 11) is 1.45. The van der Waals surface area contributed by atoms with Crippen molar-refractivity contribution in [3.05, 3.63) is 161 Å². The van der Waals surface area contributed by atoms with Gasteiger partial charge >= 0.3 is 12.1 Å². The van der Waals surface area contributed by atoms with Crippen LogP contribution in [0.25, 0.3) is 0 Å². The Morgan fingerprint density at radius 3 is 2.30 bits per heavy atom. The largest absolute Gasteiger partial charge is 0.491 e. The van der Waals surface area contributed by atoms with Crippen LogP contribution in [-0.4, -0.2) is 96.7 Å². The van der Waals surface area contributed by atoms with E-state index in [0.717, 1.165) is 10.5 Å². The Kier molecular flexibility index (Phi) is 13.4. The van der Waals surface area contributed by atoms with Crippen molar-refractivity contribution in [3.63, 3.8) is 0 Å². The molecule has 2 fully saturated rings. The first kappa shape index (κ1) is 43.7. The molecule has 6 atom stereocenters. The van der Waals surface area contributed by atoms with Crippen molar-refractivity contribution < 1.29 is 48.3 Å². The van der Waals surface area contributed by atoms with E-state index in [1.807, 2.05) is 77.7 Å². The predicted molar refractivity (Wildman–Crippen MR) is 234 cm³/mol. The van der Waals surface area contributed by atoms with Crippen molar-refractivity contribution in [3.8, 4) is 17.6 Å². The van der Waals surface area contributed by atoms with Crippen molar-refractivity contribution in [1.29, 1.82) is 0 Å². The zero-order valence-corrected chi connectivity index (χ0v) is 35.2. The van der Waals surface area contributed by atoms with Gasteiger partial charge in [-0.05, 0) is 53.1 Å². The monoisotopic (exact) mass is 864 g/mol. The Balaban J connectivity index is 1.44. The quantitative estimate of drug-likeness (QED) is 0.0776. The third-order valence-corrected chi connectivity index (χ3v) is 11.9. The molecule has 0 saturated carbocycles. The third-order valence-electron chi connectivity index (χ3n) is 11.9. The van der Waals surface area contributed by atoms with Crippen molar-refractivity contribution in [2.75, 3.05) is 51.6 Å². The first-order valence-corrected chi connectivity index (χ1v) is 21.2. The highest BCUT2D eigenvalue weighted by Gasteiger charge is 2.76. The van der Waals surface area contributed by atoms with Crippen LogP contribution in [0.3, 0.4) is 0 Å². The molecule has 4 aromatic carbocycles. The summed E-state index contributed by atoms with van der Waals surface area (Å²) in [5, 5.41) is 22.7. The number of cyclic esters (lactones) is 1. The van der Waals surface area contributed by atoms with Crippen molar-refractivity contribution >= 4 is 29.6 Å². The molecule has 8 rings (SSSR count). The van der Waals surface area contributed by atoms with E-state index >= 15 is 14.4 Å². The number of benzene rings is 4. The van der Waals surface area contributed by atoms with Crippen LogP contribution in [0.5, 0.6) is 5.75 Å². The maximum absolute atomic E-state index is 16.3. The summed E-state index contributed by atoms with van der Waals surface area (Å²) < 4.78 is 23.6. The van der Waals surface area contributed by atoms with Gasteiger partial charge in [-0.3, -0.25) is 24.3 Å². The number of morpholine rings is 1. The number of para-hydroxylation sites is 1. The lowest BCUT2D eigenvalue weighted by Crippen LogP contribution is -2.56. The number of carbonyl (C=O) groups is 4. The fourth-order valence-electron chi connectivity index (χ4n) is 9.40. The maximum atomic E-state index is 16.3. The van der Waals surface area contributed by atoms with Gasteiger partial charge in [0.25, 0.3) is 0 Å². The Hall–Kier alpha value is -6.89. The van der Waals surface area contributed by atoms with Crippen LogP contribution in [-0.2, 0) is 40.4 Å². The molecular weight excluding hydrogens is 817 g/mol. The van der Waals surface area contributed by atoms with E-state index in [1.54, 1.807) is 54.7 Å². The summed E-state index contributed by atoms with van der Waals surface area (Å²) in [5.74, 6) is 2.54. The minimum absolute atomic E-state index is 0.0476. The number of aliphatic hydroxyl groups is 2. The van der Waals surface area contributed by atoms with Crippen LogP contribution in [0.4, 0.5) is 10.5 Å². The number of aromatic nitrogens is 1. The average molecular weight is 865 g/mol. The topological polar surface area (TPSA) is 177 Å². The van der Waals surface area contributed by atoms with Crippen LogP contribution in [0, 0.1) is 17.8 Å². The first-order chi connectivity index (χ1) is 31.3. The van der Waals surface area contributed by atoms with E-state index in [1.165, 1.54) is 7.11 Å². The van der Waals surface area contributed by atoms with Crippen LogP contribution < -0.4 is 15.0 Å². The number of amides is 3. The summed E-state index contributed by atoms with van der Waals surface area (Å²) >= 11 is 0. The summed E-state index contributed by atoms with van der Waals surface area (Å²) in [6.45, 7) is -0.660. The lowest BCUT2D eigenvalue weighted by atomic mass is 9.65. The Morgan fingerprint density at radius 2 is 1.58 bits per heavy atom. The highest BCUT2D eigenvalue weighted by Crippen LogP contribution is 2.66. The zero-order chi connectivity index (χ0) is 44.6. The molecule has 64 heavy (non-hydrogen) atoms. The second kappa shape index (κ2) is 19.7. The SMILES string of the molecule is COCCOC(=O)N1C(=O)[C@@]2(c3cc(C#CCCO)ccc31)[C@H](c1ccccc1OCCO)N1[C@H](c3ccccc3)[C@H](c3ccccc3)OC(=O)[C@H]1[C@@H]2C(=O)NCCc1ccccn1. The number of nitrogens with zero attached hydrogens (tertiary/aromatic N) is 3. The van der Waals surface area contributed by atoms with Gasteiger partial charge in [-0.2, -0.15) is 0 Å². The summed E-state index contributed by atoms with van der Waals surface area (Å²) in [6, 6.07) is 32.6. The molecule has 0 radical (unpaired) electrons. The number of anilines is 1. The van der Waals surface area contributed by atoms with Crippen LogP contribution in [0.1, 0.15) is 58.1 Å². The molecule has 0 bridgehead atoms. The summed E-state index contributed by atoms with van der Waals surface area (Å²) in [4.78, 5) is 68.8. The molecule has 3 aliphatic heterocycles. The second-order valence-electron chi connectivity index (χ2n) is 15.5. The molecule has 14 nitrogen and oxygen atoms in total. The van der Waals surface area contributed by atoms with Gasteiger partial charge in [0.2, 0.25) is 11.8 Å². The number of ether oxygens (including phenoxy) is 4. The molecule has 3 amide bonds. The number of rotatable bonds is 14. The number of esters is 1. The number of hydrogen-bond acceptors (Lipinski definition) is 12. The van der Waals surface area contributed by atoms with E-state index in [4.69, 9.17) is 18.9 Å². The molecule has 1 spiro atoms. The summed E-state index contributed by atoms with van der Waals surface area (Å²) in [5.41, 5.74) is 1.25. The number of methoxy groups -OCH3 is 1. The lowest BCUT2D eigenvalue weighted by molar-refractivity contribution is -0.178. The van der Waals surface area contributed by atoms with Crippen molar-refractivity contribution in [1.82, 2.24) is 15.2 Å². The molecule has 3 N–H and O–H groups in total. The number of imide groups is 1. The number of carbonyl (C=O) groups excluding carboxylic acids is 4. The van der Waals surface area contributed by atoms with Gasteiger partial charge < -0.3 is 34.5 Å². The van der Waals surface area contributed by atoms with E-state index in [9.17, 15) is 15.0 Å². The standard InChI is InChI=1S/C50H48N4O10/c1-61-30-31-63-49(60)53-39-23-22-33(14-11-13-27-55)32-38(39)50(48(53)59)41(46(57)52-26-24-36-19-10-12-25-51-36)43-47(58)64-44(35-17-6-3-7-18-35)42(34-15-4-2-5-16-34)54(43)45(50)37-20-8-9-21-40(37)62-29-28-56/h2-10,12,15-23,25,32,41-45,55-56H,13,24,26-31H2,1H3,(H,52,57)/t41-,42-,43-,44+,45+,50-/m1/s1. The van der Waals surface area contributed by atoms with Gasteiger partial charge in [0.05, 0.1) is 43.5 Å². The van der Waals surface area contributed by atoms with Crippen molar-refractivity contribution in [2.45, 2.75) is 42.5 Å². The molecular formula is C50H48N4O10. The second-order valence-corrected chi connectivity index (χ2v) is 15.5. The molecule has 5 aromatic rings. The van der Waals surface area contributed by atoms with Crippen LogP contribution in [0.15, 0.2) is 128 Å². The van der Waals surface area contributed by atoms with Gasteiger partial charge in [0, 0.05) is 49.5 Å². The molecule has 0 unspecified atom stereocenters. The van der Waals surface area contributed by atoms with Crippen LogP contribution in [0.2, 0.25) is 0 Å². The van der Waals surface area contributed by atoms with E-state index < -0.39 is 59.4 Å². The first-order valence-electron chi connectivity index (χ1n) is 21.2. The number of fused-ring (bicyclic) bond motifs is 3. The van der Waals surface area contributed by atoms with Gasteiger partial charge in [-0.15, -0.1) is 0 Å². The van der Waals surface area contributed by atoms with Gasteiger partial charge in [0.1, 0.15) is 36.5 Å². The van der Waals surface area contributed by atoms with E-state index in [0.29, 0.717) is 28.8 Å². The number of nitrogens with one attached hydrogen (secondary N) is 1. The maximum Gasteiger partial charge on any atom is 0.421 e. The Bertz CT molecular complexity index is 2530. The predicted octanol–water partition coefficient (Wildman–Crippen LogP) is 4.99. The smallest absolute Gasteiger partial charge is 0.421 e. The van der Waals surface area contributed by atoms with E-state index in [-0.39, 0.29) is 63.0 Å². The molecule has 0 aliphatic carbocycles. The fraction of sp³-hybridized carbons (Fsp3) is 0.300. The minimum Gasteiger partial charge on any atom is -0.491 e. The highest BCUT2D eigenvalue weighted by molar-refractivity contribution is 6.23. The zero-order valence-electron chi connectivity index (χ0n) is 35.2. The van der Waals surface area contributed by atoms with Crippen molar-refractivity contribution in [2.24, 2.45) is 5.92 Å². The molecule has 328 valence electrons. The third kappa shape index (κ3) is 8.10. The normalized spacial score (nSPS) is 22.2. The lowest BCUT2D eigenvalue weighted by Gasteiger charge is -2.46. The molecule has 14 heteroatoms. The van der Waals surface area contributed by atoms with Gasteiger partial charge in [0.15, 0.2) is 0 Å². The van der Waals surface area contributed by atoms with Crippen LogP contribution >= 0.6 is 0 Å². The Labute approximate surface area is 370 Å². The average Bonchev–Trinajstić information content (AvgIpc) is 3.78. The number of hydrogen-bond donors (Lipinski definition) is 3. The summed E-state index contributed by atoms with van der Waals surface area (Å²) in [6.07, 6.45) is 0.209. The number of pyridine rings is 1. The number of aliphatic hydroxyl groups excluding tert-OH is 2. The van der Waals surface area contributed by atoms with E-state index in [2.05, 4.69) is 22.1 Å². The molecule has 3 aliphatic rings. The minimum atomic E-state index is -2.08.